The van der Waals surface area contributed by atoms with Crippen LogP contribution >= 0.6 is 0 Å². The van der Waals surface area contributed by atoms with Crippen LogP contribution in [0.3, 0.4) is 0 Å². The number of hydrogen-bond donors (Lipinski definition) is 1. The first kappa shape index (κ1) is 27.3. The molecular weight excluding hydrogens is 528 g/mol. The molecule has 0 unspecified atom stereocenters. The van der Waals surface area contributed by atoms with E-state index in [4.69, 9.17) is 6.57 Å². The lowest BCUT2D eigenvalue weighted by molar-refractivity contribution is -0.132. The fraction of sp³-hybridized carbons (Fsp3) is 0.0256. The molecule has 43 heavy (non-hydrogen) atoms. The maximum absolute atomic E-state index is 11.3. The average molecular weight is 557 g/mol. The largest absolute Gasteiger partial charge is 0.486 e. The van der Waals surface area contributed by atoms with Crippen LogP contribution in [0.15, 0.2) is 127 Å². The van der Waals surface area contributed by atoms with E-state index < -0.39 is 5.97 Å². The van der Waals surface area contributed by atoms with Crippen LogP contribution in [0.5, 0.6) is 0 Å². The molecule has 0 heterocycles. The molecule has 0 bridgehead atoms. The number of anilines is 3. The molecule has 0 radical (unpaired) electrons. The fourth-order valence-electron chi connectivity index (χ4n) is 5.30. The molecule has 4 heteroatoms. The first-order valence-corrected chi connectivity index (χ1v) is 14.0. The number of carbonyl (C=O) groups is 1. The predicted molar refractivity (Wildman–Crippen MR) is 177 cm³/mol. The van der Waals surface area contributed by atoms with Crippen molar-refractivity contribution in [2.24, 2.45) is 0 Å². The van der Waals surface area contributed by atoms with Gasteiger partial charge in [0.15, 0.2) is 0 Å². The van der Waals surface area contributed by atoms with Gasteiger partial charge < -0.3 is 10.0 Å². The van der Waals surface area contributed by atoms with Gasteiger partial charge in [-0.25, -0.2) is 4.85 Å². The molecule has 0 aromatic heterocycles. The van der Waals surface area contributed by atoms with Crippen LogP contribution in [-0.4, -0.2) is 11.1 Å². The monoisotopic (exact) mass is 556 g/mol. The molecule has 206 valence electrons. The van der Waals surface area contributed by atoms with Crippen molar-refractivity contribution in [2.75, 3.05) is 4.90 Å². The number of rotatable bonds is 6. The minimum Gasteiger partial charge on any atom is -0.486 e. The van der Waals surface area contributed by atoms with E-state index in [1.165, 1.54) is 39.5 Å². The molecule has 0 saturated heterocycles. The Balaban J connectivity index is 1.39. The Bertz CT molecular complexity index is 1890. The number of hydrogen-bond acceptors (Lipinski definition) is 2. The molecule has 0 aliphatic heterocycles. The van der Waals surface area contributed by atoms with E-state index in [9.17, 15) is 9.90 Å². The van der Waals surface area contributed by atoms with Gasteiger partial charge in [-0.2, -0.15) is 0 Å². The summed E-state index contributed by atoms with van der Waals surface area (Å²) in [5.74, 6) is -1.23. The summed E-state index contributed by atoms with van der Waals surface area (Å²) in [5.41, 5.74) is 11.5. The van der Waals surface area contributed by atoms with Gasteiger partial charge in [0.1, 0.15) is 0 Å². The molecule has 1 aliphatic carbocycles. The summed E-state index contributed by atoms with van der Waals surface area (Å²) in [6.07, 6.45) is 8.01. The molecule has 0 saturated carbocycles. The van der Waals surface area contributed by atoms with Crippen LogP contribution in [0.4, 0.5) is 17.1 Å². The van der Waals surface area contributed by atoms with Crippen molar-refractivity contribution >= 4 is 52.9 Å². The third-order valence-electron chi connectivity index (χ3n) is 7.49. The number of carboxylic acid groups (broad SMARTS) is 1. The molecule has 0 spiro atoms. The molecule has 1 aliphatic rings. The van der Waals surface area contributed by atoms with Crippen molar-refractivity contribution in [1.29, 1.82) is 0 Å². The lowest BCUT2D eigenvalue weighted by Crippen LogP contribution is -2.09. The zero-order valence-electron chi connectivity index (χ0n) is 23.6. The van der Waals surface area contributed by atoms with Crippen LogP contribution in [0.25, 0.3) is 34.7 Å². The molecule has 0 amide bonds. The second-order valence-electron chi connectivity index (χ2n) is 10.4. The van der Waals surface area contributed by atoms with Crippen LogP contribution in [0, 0.1) is 13.5 Å². The van der Waals surface area contributed by atoms with E-state index in [0.717, 1.165) is 22.6 Å². The van der Waals surface area contributed by atoms with Gasteiger partial charge in [-0.15, -0.1) is 0 Å². The van der Waals surface area contributed by atoms with Crippen molar-refractivity contribution in [1.82, 2.24) is 0 Å². The Labute approximate surface area is 251 Å². The lowest BCUT2D eigenvalue weighted by atomic mass is 9.92. The highest BCUT2D eigenvalue weighted by atomic mass is 16.4. The highest BCUT2D eigenvalue weighted by Crippen LogP contribution is 2.37. The third-order valence-corrected chi connectivity index (χ3v) is 7.49. The van der Waals surface area contributed by atoms with Gasteiger partial charge in [-0.1, -0.05) is 103 Å². The Morgan fingerprint density at radius 3 is 1.63 bits per heavy atom. The van der Waals surface area contributed by atoms with E-state index in [1.807, 2.05) is 24.3 Å². The summed E-state index contributed by atoms with van der Waals surface area (Å²) in [4.78, 5) is 16.6. The minimum atomic E-state index is -1.23. The summed E-state index contributed by atoms with van der Waals surface area (Å²) in [6, 6.07) is 41.4. The van der Waals surface area contributed by atoms with Gasteiger partial charge >= 0.3 is 5.97 Å². The van der Waals surface area contributed by atoms with Crippen LogP contribution in [0.2, 0.25) is 0 Å². The highest BCUT2D eigenvalue weighted by Gasteiger charge is 2.16. The summed E-state index contributed by atoms with van der Waals surface area (Å²) < 4.78 is 0. The van der Waals surface area contributed by atoms with Crippen molar-refractivity contribution in [3.05, 3.63) is 177 Å². The van der Waals surface area contributed by atoms with Crippen molar-refractivity contribution in [3.8, 4) is 0 Å². The Hall–Kier alpha value is -5.92. The van der Waals surface area contributed by atoms with E-state index in [-0.39, 0.29) is 5.70 Å². The molecule has 6 rings (SSSR count). The maximum Gasteiger partial charge on any atom is 0.333 e. The normalized spacial score (nSPS) is 12.0. The van der Waals surface area contributed by atoms with Gasteiger partial charge in [0.2, 0.25) is 0 Å². The molecule has 5 aromatic rings. The third kappa shape index (κ3) is 5.79. The minimum absolute atomic E-state index is 0.317. The molecule has 4 nitrogen and oxygen atoms in total. The van der Waals surface area contributed by atoms with Crippen LogP contribution < -0.4 is 4.90 Å². The Kier molecular flexibility index (Phi) is 7.54. The lowest BCUT2D eigenvalue weighted by Gasteiger charge is -2.26. The van der Waals surface area contributed by atoms with Gasteiger partial charge in [0.25, 0.3) is 5.70 Å². The summed E-state index contributed by atoms with van der Waals surface area (Å²) in [5, 5.41) is 9.24. The number of benzene rings is 5. The van der Waals surface area contributed by atoms with E-state index in [2.05, 4.69) is 132 Å². The number of aliphatic carboxylic acids is 1. The van der Waals surface area contributed by atoms with Crippen molar-refractivity contribution in [2.45, 2.75) is 6.92 Å². The van der Waals surface area contributed by atoms with E-state index >= 15 is 0 Å². The van der Waals surface area contributed by atoms with Gasteiger partial charge in [0, 0.05) is 17.1 Å². The standard InChI is InChI=1S/C39H28N2O2/c1-27-11-19-32(20-12-27)41(34-23-15-29(16-24-34)26-38(40-2)39(42)43)33-21-13-28(14-22-33)25-37-35-9-5-3-7-30(35)17-18-31-8-4-6-10-36(31)37/h3-26H,1H3,(H,42,43). The van der Waals surface area contributed by atoms with Gasteiger partial charge in [-0.05, 0) is 94.4 Å². The molecule has 5 aromatic carbocycles. The molecule has 0 atom stereocenters. The topological polar surface area (TPSA) is 44.9 Å². The van der Waals surface area contributed by atoms with Gasteiger partial charge in [-0.3, -0.25) is 4.79 Å². The molecule has 1 N–H and O–H groups in total. The SMILES string of the molecule is [C-]#[N+]C(=Cc1ccc(N(c2ccc(C)cc2)c2ccc(C=C3c4ccccc4C=Cc4ccccc43)cc2)cc1)C(=O)O. The van der Waals surface area contributed by atoms with E-state index in [0.29, 0.717) is 5.56 Å². The fourth-order valence-corrected chi connectivity index (χ4v) is 5.30. The summed E-state index contributed by atoms with van der Waals surface area (Å²) in [6.45, 7) is 9.20. The first-order chi connectivity index (χ1) is 21.0. The van der Waals surface area contributed by atoms with Crippen LogP contribution in [0.1, 0.15) is 38.9 Å². The maximum atomic E-state index is 11.3. The number of aryl methyl sites for hydroxylation is 1. The zero-order valence-corrected chi connectivity index (χ0v) is 23.6. The second-order valence-corrected chi connectivity index (χ2v) is 10.4. The van der Waals surface area contributed by atoms with E-state index in [1.54, 1.807) is 0 Å². The Morgan fingerprint density at radius 1 is 0.674 bits per heavy atom. The number of carboxylic acids is 1. The smallest absolute Gasteiger partial charge is 0.333 e. The summed E-state index contributed by atoms with van der Waals surface area (Å²) in [7, 11) is 0. The van der Waals surface area contributed by atoms with Crippen LogP contribution in [-0.2, 0) is 4.79 Å². The molecular formula is C39H28N2O2. The first-order valence-electron chi connectivity index (χ1n) is 14.0. The summed E-state index contributed by atoms with van der Waals surface area (Å²) >= 11 is 0. The highest BCUT2D eigenvalue weighted by molar-refractivity contribution is 6.00. The van der Waals surface area contributed by atoms with Crippen molar-refractivity contribution in [3.63, 3.8) is 0 Å². The number of fused-ring (bicyclic) bond motifs is 2. The zero-order chi connectivity index (χ0) is 29.8. The Morgan fingerprint density at radius 2 is 1.14 bits per heavy atom. The predicted octanol–water partition coefficient (Wildman–Crippen LogP) is 9.88. The second kappa shape index (κ2) is 11.9. The number of nitrogens with zero attached hydrogens (tertiary/aromatic N) is 2. The molecule has 0 fully saturated rings. The van der Waals surface area contributed by atoms with Gasteiger partial charge in [0.05, 0.1) is 6.57 Å². The average Bonchev–Trinajstić information content (AvgIpc) is 3.19. The quantitative estimate of drug-likeness (QED) is 0.164. The van der Waals surface area contributed by atoms with Crippen molar-refractivity contribution < 1.29 is 9.90 Å².